The second-order valence-corrected chi connectivity index (χ2v) is 8.91. The Bertz CT molecular complexity index is 582. The van der Waals surface area contributed by atoms with Gasteiger partial charge in [-0.1, -0.05) is 13.3 Å². The van der Waals surface area contributed by atoms with Crippen molar-refractivity contribution in [1.82, 2.24) is 19.8 Å². The van der Waals surface area contributed by atoms with Crippen LogP contribution < -0.4 is 5.32 Å². The Labute approximate surface area is 133 Å². The number of aryl methyl sites for hydroxylation is 1. The molecule has 0 spiro atoms. The number of aromatic nitrogens is 2. The zero-order chi connectivity index (χ0) is 16.3. The van der Waals surface area contributed by atoms with Gasteiger partial charge in [-0.05, 0) is 33.1 Å². The molecule has 1 fully saturated rings. The molecule has 7 heteroatoms. The summed E-state index contributed by atoms with van der Waals surface area (Å²) in [5.41, 5.74) is 2.26. The quantitative estimate of drug-likeness (QED) is 0.832. The predicted octanol–water partition coefficient (Wildman–Crippen LogP) is 1.65. The van der Waals surface area contributed by atoms with Crippen LogP contribution in [0.15, 0.2) is 6.20 Å². The van der Waals surface area contributed by atoms with E-state index in [2.05, 4.69) is 22.4 Å². The molecule has 0 radical (unpaired) electrons. The number of nitrogens with one attached hydrogen (secondary N) is 2. The number of aromatic amines is 1. The summed E-state index contributed by atoms with van der Waals surface area (Å²) in [6.45, 7) is 9.66. The van der Waals surface area contributed by atoms with Gasteiger partial charge in [-0.2, -0.15) is 5.10 Å². The minimum absolute atomic E-state index is 0.344. The summed E-state index contributed by atoms with van der Waals surface area (Å²) in [7, 11) is -3.14. The van der Waals surface area contributed by atoms with E-state index >= 15 is 0 Å². The number of piperidine rings is 1. The molecular weight excluding hydrogens is 300 g/mol. The highest BCUT2D eigenvalue weighted by atomic mass is 32.2. The van der Waals surface area contributed by atoms with Gasteiger partial charge >= 0.3 is 0 Å². The van der Waals surface area contributed by atoms with Crippen LogP contribution in [0.25, 0.3) is 0 Å². The van der Waals surface area contributed by atoms with E-state index in [0.717, 1.165) is 25.1 Å². The molecule has 2 N–H and O–H groups in total. The van der Waals surface area contributed by atoms with Crippen molar-refractivity contribution >= 4 is 10.0 Å². The lowest BCUT2D eigenvalue weighted by molar-refractivity contribution is 0.200. The van der Waals surface area contributed by atoms with Gasteiger partial charge in [0.15, 0.2) is 0 Å². The molecule has 1 aliphatic rings. The highest BCUT2D eigenvalue weighted by Gasteiger charge is 2.35. The largest absolute Gasteiger partial charge is 0.309 e. The summed E-state index contributed by atoms with van der Waals surface area (Å²) in [6.07, 6.45) is 3.69. The summed E-state index contributed by atoms with van der Waals surface area (Å²) >= 11 is 0. The average molecular weight is 328 g/mol. The molecule has 0 saturated carbocycles. The first-order valence-corrected chi connectivity index (χ1v) is 9.57. The molecule has 2 heterocycles. The van der Waals surface area contributed by atoms with Crippen LogP contribution in [-0.4, -0.2) is 47.3 Å². The van der Waals surface area contributed by atoms with E-state index < -0.39 is 10.0 Å². The van der Waals surface area contributed by atoms with Crippen molar-refractivity contribution in [2.24, 2.45) is 5.92 Å². The molecule has 0 amide bonds. The maximum Gasteiger partial charge on any atom is 0.216 e. The monoisotopic (exact) mass is 328 g/mol. The maximum atomic E-state index is 12.3. The topological polar surface area (TPSA) is 78.1 Å². The Morgan fingerprint density at radius 3 is 2.77 bits per heavy atom. The molecular formula is C15H28N4O2S. The Balaban J connectivity index is 1.97. The van der Waals surface area contributed by atoms with Crippen molar-refractivity contribution in [2.75, 3.05) is 13.1 Å². The highest BCUT2D eigenvalue weighted by molar-refractivity contribution is 7.89. The summed E-state index contributed by atoms with van der Waals surface area (Å²) in [6, 6.07) is 0.359. The van der Waals surface area contributed by atoms with Crippen LogP contribution in [0.1, 0.15) is 44.9 Å². The second-order valence-electron chi connectivity index (χ2n) is 6.42. The lowest BCUT2D eigenvalue weighted by Gasteiger charge is -2.38. The summed E-state index contributed by atoms with van der Waals surface area (Å²) in [5, 5.41) is 10.2. The van der Waals surface area contributed by atoms with Crippen molar-refractivity contribution in [3.8, 4) is 0 Å². The zero-order valence-corrected chi connectivity index (χ0v) is 14.8. The van der Waals surface area contributed by atoms with Crippen LogP contribution in [0.3, 0.4) is 0 Å². The minimum atomic E-state index is -3.14. The standard InChI is InChI=1S/C15H28N4O2S/c1-5-13-10-19(22(20,21)11(2)3)7-6-15(13)16-8-14-9-17-18-12(14)4/h9,11,13,15-16H,5-8,10H2,1-4H3,(H,17,18)/t13-,15-/m1/s1. The van der Waals surface area contributed by atoms with Gasteiger partial charge < -0.3 is 5.32 Å². The first kappa shape index (κ1) is 17.4. The van der Waals surface area contributed by atoms with E-state index in [0.29, 0.717) is 25.0 Å². The van der Waals surface area contributed by atoms with Gasteiger partial charge in [0.25, 0.3) is 0 Å². The molecule has 1 aromatic heterocycles. The third-order valence-corrected chi connectivity index (χ3v) is 6.91. The number of sulfonamides is 1. The van der Waals surface area contributed by atoms with Crippen LogP contribution in [0.5, 0.6) is 0 Å². The molecule has 2 atom stereocenters. The molecule has 1 aliphatic heterocycles. The normalized spacial score (nSPS) is 24.0. The van der Waals surface area contributed by atoms with E-state index in [4.69, 9.17) is 0 Å². The fourth-order valence-electron chi connectivity index (χ4n) is 3.01. The molecule has 1 aromatic rings. The lowest BCUT2D eigenvalue weighted by Crippen LogP contribution is -2.52. The number of H-pyrrole nitrogens is 1. The summed E-state index contributed by atoms with van der Waals surface area (Å²) in [4.78, 5) is 0. The molecule has 1 saturated heterocycles. The van der Waals surface area contributed by atoms with Crippen LogP contribution in [-0.2, 0) is 16.6 Å². The maximum absolute atomic E-state index is 12.3. The van der Waals surface area contributed by atoms with Gasteiger partial charge in [0, 0.05) is 36.9 Å². The first-order valence-electron chi connectivity index (χ1n) is 8.07. The van der Waals surface area contributed by atoms with Crippen LogP contribution in [0, 0.1) is 12.8 Å². The second kappa shape index (κ2) is 7.10. The summed E-state index contributed by atoms with van der Waals surface area (Å²) in [5.74, 6) is 0.356. The summed E-state index contributed by atoms with van der Waals surface area (Å²) < 4.78 is 26.3. The van der Waals surface area contributed by atoms with E-state index in [1.165, 1.54) is 5.56 Å². The fourth-order valence-corrected chi connectivity index (χ4v) is 4.36. The average Bonchev–Trinajstić information content (AvgIpc) is 2.90. The third kappa shape index (κ3) is 3.70. The number of hydrogen-bond acceptors (Lipinski definition) is 4. The van der Waals surface area contributed by atoms with Gasteiger partial charge in [-0.15, -0.1) is 0 Å². The van der Waals surface area contributed by atoms with Gasteiger partial charge in [-0.25, -0.2) is 12.7 Å². The Morgan fingerprint density at radius 2 is 2.23 bits per heavy atom. The lowest BCUT2D eigenvalue weighted by atomic mass is 9.91. The molecule has 2 rings (SSSR count). The van der Waals surface area contributed by atoms with E-state index in [-0.39, 0.29) is 5.25 Å². The smallest absolute Gasteiger partial charge is 0.216 e. The molecule has 0 unspecified atom stereocenters. The Kier molecular flexibility index (Phi) is 5.63. The molecule has 22 heavy (non-hydrogen) atoms. The predicted molar refractivity (Wildman–Crippen MR) is 88.0 cm³/mol. The van der Waals surface area contributed by atoms with Gasteiger partial charge in [0.05, 0.1) is 11.4 Å². The number of nitrogens with zero attached hydrogens (tertiary/aromatic N) is 2. The van der Waals surface area contributed by atoms with Gasteiger partial charge in [0.1, 0.15) is 0 Å². The molecule has 0 bridgehead atoms. The molecule has 0 aliphatic carbocycles. The first-order chi connectivity index (χ1) is 10.4. The number of rotatable bonds is 6. The highest BCUT2D eigenvalue weighted by Crippen LogP contribution is 2.24. The molecule has 6 nitrogen and oxygen atoms in total. The zero-order valence-electron chi connectivity index (χ0n) is 14.0. The van der Waals surface area contributed by atoms with Crippen molar-refractivity contribution in [3.63, 3.8) is 0 Å². The van der Waals surface area contributed by atoms with E-state index in [1.54, 1.807) is 18.2 Å². The van der Waals surface area contributed by atoms with E-state index in [1.807, 2.05) is 13.1 Å². The van der Waals surface area contributed by atoms with Crippen molar-refractivity contribution in [3.05, 3.63) is 17.5 Å². The van der Waals surface area contributed by atoms with Crippen molar-refractivity contribution in [1.29, 1.82) is 0 Å². The SMILES string of the molecule is CC[C@@H]1CN(S(=O)(=O)C(C)C)CC[C@H]1NCc1cn[nH]c1C. The van der Waals surface area contributed by atoms with Crippen LogP contribution in [0.2, 0.25) is 0 Å². The minimum Gasteiger partial charge on any atom is -0.309 e. The molecule has 126 valence electrons. The van der Waals surface area contributed by atoms with Crippen molar-refractivity contribution in [2.45, 2.75) is 58.4 Å². The Morgan fingerprint density at radius 1 is 1.50 bits per heavy atom. The van der Waals surface area contributed by atoms with Crippen LogP contribution >= 0.6 is 0 Å². The number of hydrogen-bond donors (Lipinski definition) is 2. The Hall–Kier alpha value is -0.920. The van der Waals surface area contributed by atoms with Crippen molar-refractivity contribution < 1.29 is 8.42 Å². The van der Waals surface area contributed by atoms with E-state index in [9.17, 15) is 8.42 Å². The van der Waals surface area contributed by atoms with Gasteiger partial charge in [0.2, 0.25) is 10.0 Å². The van der Waals surface area contributed by atoms with Crippen LogP contribution in [0.4, 0.5) is 0 Å². The fraction of sp³-hybridized carbons (Fsp3) is 0.800. The third-order valence-electron chi connectivity index (χ3n) is 4.67. The van der Waals surface area contributed by atoms with Gasteiger partial charge in [-0.3, -0.25) is 5.10 Å². The molecule has 0 aromatic carbocycles.